The molecule has 1 fully saturated rings. The van der Waals surface area contributed by atoms with Gasteiger partial charge >= 0.3 is 0 Å². The second-order valence-electron chi connectivity index (χ2n) is 3.53. The number of nitrogens with zero attached hydrogens (tertiary/aromatic N) is 1. The van der Waals surface area contributed by atoms with E-state index < -0.39 is 0 Å². The molecule has 5 heteroatoms. The maximum atomic E-state index is 12.1. The Labute approximate surface area is 102 Å². The Bertz CT molecular complexity index is 362. The first kappa shape index (κ1) is 11.0. The summed E-state index contributed by atoms with van der Waals surface area (Å²) < 4.78 is 4.92. The molecule has 2 rings (SSSR count). The highest BCUT2D eigenvalue weighted by Crippen LogP contribution is 2.29. The summed E-state index contributed by atoms with van der Waals surface area (Å²) in [6.07, 6.45) is 3.62. The van der Waals surface area contributed by atoms with Crippen LogP contribution in [0.2, 0.25) is 5.22 Å². The van der Waals surface area contributed by atoms with E-state index in [0.29, 0.717) is 18.2 Å². The molecule has 0 aliphatic heterocycles. The molecular formula is C10H11BrClNO2. The smallest absolute Gasteiger partial charge is 0.259 e. The van der Waals surface area contributed by atoms with E-state index in [4.69, 9.17) is 16.0 Å². The summed E-state index contributed by atoms with van der Waals surface area (Å²) in [7, 11) is 0. The lowest BCUT2D eigenvalue weighted by Gasteiger charge is -2.20. The minimum Gasteiger partial charge on any atom is -0.452 e. The second kappa shape index (κ2) is 4.58. The van der Waals surface area contributed by atoms with Crippen LogP contribution in [-0.2, 0) is 0 Å². The monoisotopic (exact) mass is 291 g/mol. The van der Waals surface area contributed by atoms with Gasteiger partial charge in [0.25, 0.3) is 5.91 Å². The van der Waals surface area contributed by atoms with Crippen molar-refractivity contribution in [3.63, 3.8) is 0 Å². The number of carbonyl (C=O) groups is 1. The van der Waals surface area contributed by atoms with Crippen molar-refractivity contribution in [2.24, 2.45) is 0 Å². The molecule has 0 unspecified atom stereocenters. The number of furan rings is 1. The Morgan fingerprint density at radius 3 is 2.87 bits per heavy atom. The van der Waals surface area contributed by atoms with Crippen molar-refractivity contribution in [2.45, 2.75) is 18.9 Å². The highest BCUT2D eigenvalue weighted by atomic mass is 79.9. The van der Waals surface area contributed by atoms with E-state index in [1.807, 2.05) is 4.90 Å². The molecular weight excluding hydrogens is 281 g/mol. The molecule has 0 atom stereocenters. The van der Waals surface area contributed by atoms with E-state index in [1.165, 1.54) is 6.26 Å². The molecule has 0 spiro atoms. The van der Waals surface area contributed by atoms with Crippen LogP contribution in [0.15, 0.2) is 16.7 Å². The third-order valence-electron chi connectivity index (χ3n) is 2.42. The van der Waals surface area contributed by atoms with Crippen LogP contribution in [0.4, 0.5) is 0 Å². The fourth-order valence-corrected chi connectivity index (χ4v) is 2.11. The van der Waals surface area contributed by atoms with Crippen LogP contribution < -0.4 is 0 Å². The first-order valence-corrected chi connectivity index (χ1v) is 6.34. The van der Waals surface area contributed by atoms with Gasteiger partial charge in [0.05, 0.1) is 11.8 Å². The number of alkyl halides is 1. The van der Waals surface area contributed by atoms with Gasteiger partial charge in [-0.2, -0.15) is 0 Å². The van der Waals surface area contributed by atoms with E-state index in [2.05, 4.69) is 15.9 Å². The molecule has 1 amide bonds. The Kier molecular flexibility index (Phi) is 3.36. The molecule has 1 heterocycles. The predicted octanol–water partition coefficient (Wildman–Crippen LogP) is 2.93. The molecule has 0 saturated heterocycles. The molecule has 0 radical (unpaired) electrons. The minimum absolute atomic E-state index is 0.0318. The number of rotatable bonds is 4. The Morgan fingerprint density at radius 2 is 2.40 bits per heavy atom. The molecule has 1 aromatic heterocycles. The van der Waals surface area contributed by atoms with Crippen molar-refractivity contribution in [3.05, 3.63) is 23.1 Å². The third kappa shape index (κ3) is 2.37. The van der Waals surface area contributed by atoms with Gasteiger partial charge in [0, 0.05) is 17.9 Å². The zero-order chi connectivity index (χ0) is 10.8. The standard InChI is InChI=1S/C10H11BrClNO2/c11-4-5-13(7-1-2-7)10(14)8-3-6-15-9(8)12/h3,6-7H,1-2,4-5H2. The van der Waals surface area contributed by atoms with Crippen molar-refractivity contribution >= 4 is 33.4 Å². The fraction of sp³-hybridized carbons (Fsp3) is 0.500. The van der Waals surface area contributed by atoms with E-state index in [-0.39, 0.29) is 11.1 Å². The number of hydrogen-bond donors (Lipinski definition) is 0. The summed E-state index contributed by atoms with van der Waals surface area (Å²) >= 11 is 9.12. The summed E-state index contributed by atoms with van der Waals surface area (Å²) in [6.45, 7) is 0.713. The maximum absolute atomic E-state index is 12.1. The molecule has 1 aliphatic carbocycles. The number of hydrogen-bond acceptors (Lipinski definition) is 2. The lowest BCUT2D eigenvalue weighted by atomic mass is 10.3. The summed E-state index contributed by atoms with van der Waals surface area (Å²) in [6, 6.07) is 2.01. The van der Waals surface area contributed by atoms with Gasteiger partial charge in [-0.05, 0) is 30.5 Å². The molecule has 82 valence electrons. The summed E-state index contributed by atoms with van der Waals surface area (Å²) in [5.41, 5.74) is 0.463. The molecule has 1 saturated carbocycles. The lowest BCUT2D eigenvalue weighted by Crippen LogP contribution is -2.34. The minimum atomic E-state index is -0.0318. The zero-order valence-electron chi connectivity index (χ0n) is 8.08. The van der Waals surface area contributed by atoms with Gasteiger partial charge in [-0.1, -0.05) is 15.9 Å². The van der Waals surface area contributed by atoms with Crippen molar-refractivity contribution in [1.82, 2.24) is 4.90 Å². The third-order valence-corrected chi connectivity index (χ3v) is 3.07. The topological polar surface area (TPSA) is 33.5 Å². The number of amides is 1. The fourth-order valence-electron chi connectivity index (χ4n) is 1.53. The van der Waals surface area contributed by atoms with Crippen LogP contribution in [0.25, 0.3) is 0 Å². The molecule has 0 bridgehead atoms. The van der Waals surface area contributed by atoms with Crippen molar-refractivity contribution in [1.29, 1.82) is 0 Å². The van der Waals surface area contributed by atoms with Gasteiger partial charge in [-0.25, -0.2) is 0 Å². The average molecular weight is 293 g/mol. The van der Waals surface area contributed by atoms with Crippen LogP contribution in [0.3, 0.4) is 0 Å². The quantitative estimate of drug-likeness (QED) is 0.800. The summed E-state index contributed by atoms with van der Waals surface area (Å²) in [4.78, 5) is 13.9. The Morgan fingerprint density at radius 1 is 1.67 bits per heavy atom. The number of carbonyl (C=O) groups excluding carboxylic acids is 1. The molecule has 0 N–H and O–H groups in total. The van der Waals surface area contributed by atoms with E-state index in [9.17, 15) is 4.79 Å². The van der Waals surface area contributed by atoms with Crippen LogP contribution in [0, 0.1) is 0 Å². The lowest BCUT2D eigenvalue weighted by molar-refractivity contribution is 0.0754. The van der Waals surface area contributed by atoms with Crippen LogP contribution in [0.1, 0.15) is 23.2 Å². The first-order chi connectivity index (χ1) is 7.24. The van der Waals surface area contributed by atoms with Gasteiger partial charge in [-0.3, -0.25) is 4.79 Å². The average Bonchev–Trinajstić information content (AvgIpc) is 2.97. The van der Waals surface area contributed by atoms with Crippen molar-refractivity contribution in [2.75, 3.05) is 11.9 Å². The largest absolute Gasteiger partial charge is 0.452 e. The van der Waals surface area contributed by atoms with Crippen molar-refractivity contribution in [3.8, 4) is 0 Å². The van der Waals surface area contributed by atoms with Gasteiger partial charge in [-0.15, -0.1) is 0 Å². The molecule has 1 aromatic rings. The van der Waals surface area contributed by atoms with Crippen LogP contribution >= 0.6 is 27.5 Å². The highest BCUT2D eigenvalue weighted by Gasteiger charge is 2.33. The highest BCUT2D eigenvalue weighted by molar-refractivity contribution is 9.09. The summed E-state index contributed by atoms with van der Waals surface area (Å²) in [5, 5.41) is 0.963. The summed E-state index contributed by atoms with van der Waals surface area (Å²) in [5.74, 6) is -0.0318. The molecule has 1 aliphatic rings. The van der Waals surface area contributed by atoms with Gasteiger partial charge in [0.15, 0.2) is 0 Å². The van der Waals surface area contributed by atoms with E-state index in [1.54, 1.807) is 6.07 Å². The normalized spacial score (nSPS) is 15.3. The number of halogens is 2. The van der Waals surface area contributed by atoms with Gasteiger partial charge in [0.2, 0.25) is 5.22 Å². The van der Waals surface area contributed by atoms with E-state index in [0.717, 1.165) is 18.2 Å². The van der Waals surface area contributed by atoms with E-state index >= 15 is 0 Å². The molecule has 3 nitrogen and oxygen atoms in total. The zero-order valence-corrected chi connectivity index (χ0v) is 10.4. The van der Waals surface area contributed by atoms with Crippen LogP contribution in [-0.4, -0.2) is 28.7 Å². The molecule has 15 heavy (non-hydrogen) atoms. The Hall–Kier alpha value is -0.480. The molecule has 0 aromatic carbocycles. The van der Waals surface area contributed by atoms with Crippen molar-refractivity contribution < 1.29 is 9.21 Å². The Balaban J connectivity index is 2.14. The maximum Gasteiger partial charge on any atom is 0.259 e. The first-order valence-electron chi connectivity index (χ1n) is 4.84. The predicted molar refractivity (Wildman–Crippen MR) is 61.6 cm³/mol. The second-order valence-corrected chi connectivity index (χ2v) is 4.66. The van der Waals surface area contributed by atoms with Gasteiger partial charge in [0.1, 0.15) is 0 Å². The SMILES string of the molecule is O=C(c1ccoc1Cl)N(CCBr)C1CC1. The van der Waals surface area contributed by atoms with Gasteiger partial charge < -0.3 is 9.32 Å². The van der Waals surface area contributed by atoms with Crippen LogP contribution in [0.5, 0.6) is 0 Å².